The Morgan fingerprint density at radius 1 is 1.14 bits per heavy atom. The van der Waals surface area contributed by atoms with Crippen molar-refractivity contribution in [1.29, 1.82) is 0 Å². The van der Waals surface area contributed by atoms with Crippen molar-refractivity contribution in [1.82, 2.24) is 19.7 Å². The van der Waals surface area contributed by atoms with Gasteiger partial charge in [0.25, 0.3) is 0 Å². The fourth-order valence-electron chi connectivity index (χ4n) is 2.37. The molecule has 6 nitrogen and oxygen atoms in total. The van der Waals surface area contributed by atoms with E-state index in [1.54, 1.807) is 6.92 Å². The van der Waals surface area contributed by atoms with E-state index in [0.717, 1.165) is 22.9 Å². The molecule has 2 N–H and O–H groups in total. The van der Waals surface area contributed by atoms with Crippen LogP contribution in [0.2, 0.25) is 0 Å². The number of aryl methyl sites for hydroxylation is 1. The highest BCUT2D eigenvalue weighted by Crippen LogP contribution is 2.21. The van der Waals surface area contributed by atoms with Crippen molar-refractivity contribution >= 4 is 17.5 Å². The number of anilines is 3. The Labute approximate surface area is 156 Å². The summed E-state index contributed by atoms with van der Waals surface area (Å²) in [6.45, 7) is 0.495. The zero-order valence-electron chi connectivity index (χ0n) is 14.6. The second-order valence-electron chi connectivity index (χ2n) is 5.98. The fourth-order valence-corrected chi connectivity index (χ4v) is 2.37. The van der Waals surface area contributed by atoms with E-state index in [2.05, 4.69) is 25.7 Å². The minimum atomic E-state index is -4.38. The standard InChI is InChI=1S/C17H15F5N6/c1-10-5-24-16(26-13-7-25-28(8-13)9-17(20,21)22)27-15(10)23-6-11-4-12(18)2-3-14(11)19/h2-5,7-8H,6,9H2,1H3,(H2,23,24,26,27). The maximum Gasteiger partial charge on any atom is 0.408 e. The van der Waals surface area contributed by atoms with Crippen LogP contribution in [0.25, 0.3) is 0 Å². The van der Waals surface area contributed by atoms with Crippen molar-refractivity contribution in [2.75, 3.05) is 10.6 Å². The minimum Gasteiger partial charge on any atom is -0.365 e. The summed E-state index contributed by atoms with van der Waals surface area (Å²) in [5.74, 6) is -0.643. The summed E-state index contributed by atoms with van der Waals surface area (Å²) < 4.78 is 64.9. The maximum atomic E-state index is 13.7. The summed E-state index contributed by atoms with van der Waals surface area (Å²) in [6.07, 6.45) is -0.511. The van der Waals surface area contributed by atoms with Crippen molar-refractivity contribution < 1.29 is 22.0 Å². The fraction of sp³-hybridized carbons (Fsp3) is 0.235. The summed E-state index contributed by atoms with van der Waals surface area (Å²) in [6, 6.07) is 3.13. The second kappa shape index (κ2) is 7.79. The molecule has 28 heavy (non-hydrogen) atoms. The number of hydrogen-bond acceptors (Lipinski definition) is 5. The summed E-state index contributed by atoms with van der Waals surface area (Å²) in [5, 5.41) is 9.26. The molecule has 0 saturated carbocycles. The lowest BCUT2D eigenvalue weighted by Crippen LogP contribution is -2.17. The van der Waals surface area contributed by atoms with Crippen LogP contribution in [-0.4, -0.2) is 25.9 Å². The number of nitrogens with zero attached hydrogens (tertiary/aromatic N) is 4. The van der Waals surface area contributed by atoms with E-state index in [1.807, 2.05) is 0 Å². The Kier molecular flexibility index (Phi) is 5.43. The minimum absolute atomic E-state index is 0.00952. The van der Waals surface area contributed by atoms with Gasteiger partial charge in [0.05, 0.1) is 11.9 Å². The highest BCUT2D eigenvalue weighted by atomic mass is 19.4. The smallest absolute Gasteiger partial charge is 0.365 e. The molecule has 0 aliphatic rings. The van der Waals surface area contributed by atoms with E-state index < -0.39 is 24.4 Å². The van der Waals surface area contributed by atoms with E-state index in [9.17, 15) is 22.0 Å². The van der Waals surface area contributed by atoms with E-state index in [1.165, 1.54) is 18.6 Å². The van der Waals surface area contributed by atoms with Crippen molar-refractivity contribution in [3.8, 4) is 0 Å². The normalized spacial score (nSPS) is 11.5. The molecule has 3 aromatic rings. The van der Waals surface area contributed by atoms with Crippen LogP contribution < -0.4 is 10.6 Å². The van der Waals surface area contributed by atoms with Gasteiger partial charge >= 0.3 is 6.18 Å². The van der Waals surface area contributed by atoms with Crippen molar-refractivity contribution in [2.45, 2.75) is 26.2 Å². The average Bonchev–Trinajstić information content (AvgIpc) is 3.03. The third-order valence-corrected chi connectivity index (χ3v) is 3.66. The van der Waals surface area contributed by atoms with Gasteiger partial charge in [0, 0.05) is 30.1 Å². The molecule has 0 unspecified atom stereocenters. The van der Waals surface area contributed by atoms with Gasteiger partial charge in [-0.1, -0.05) is 0 Å². The maximum absolute atomic E-state index is 13.7. The number of alkyl halides is 3. The average molecular weight is 398 g/mol. The third kappa shape index (κ3) is 5.15. The first-order chi connectivity index (χ1) is 13.2. The molecule has 0 amide bonds. The largest absolute Gasteiger partial charge is 0.408 e. The van der Waals surface area contributed by atoms with Gasteiger partial charge in [0.2, 0.25) is 5.95 Å². The molecule has 3 rings (SSSR count). The molecule has 0 bridgehead atoms. The lowest BCUT2D eigenvalue weighted by molar-refractivity contribution is -0.142. The van der Waals surface area contributed by atoms with Crippen LogP contribution in [0.1, 0.15) is 11.1 Å². The third-order valence-electron chi connectivity index (χ3n) is 3.66. The number of aromatic nitrogens is 4. The number of benzene rings is 1. The highest BCUT2D eigenvalue weighted by Gasteiger charge is 2.28. The van der Waals surface area contributed by atoms with Gasteiger partial charge < -0.3 is 10.6 Å². The van der Waals surface area contributed by atoms with E-state index in [-0.39, 0.29) is 23.7 Å². The Balaban J connectivity index is 1.70. The van der Waals surface area contributed by atoms with Gasteiger partial charge in [0.15, 0.2) is 0 Å². The molecule has 148 valence electrons. The lowest BCUT2D eigenvalue weighted by atomic mass is 10.2. The molecule has 0 atom stereocenters. The zero-order chi connectivity index (χ0) is 20.3. The first-order valence-corrected chi connectivity index (χ1v) is 8.07. The van der Waals surface area contributed by atoms with Crippen LogP contribution >= 0.6 is 0 Å². The van der Waals surface area contributed by atoms with Crippen LogP contribution in [-0.2, 0) is 13.1 Å². The Hall–Kier alpha value is -3.24. The first kappa shape index (κ1) is 19.5. The number of nitrogens with one attached hydrogen (secondary N) is 2. The SMILES string of the molecule is Cc1cnc(Nc2cnn(CC(F)(F)F)c2)nc1NCc1cc(F)ccc1F. The second-order valence-corrected chi connectivity index (χ2v) is 5.98. The topological polar surface area (TPSA) is 67.7 Å². The number of hydrogen-bond donors (Lipinski definition) is 2. The van der Waals surface area contributed by atoms with Gasteiger partial charge in [-0.15, -0.1) is 0 Å². The molecular formula is C17H15F5N6. The molecule has 2 heterocycles. The molecular weight excluding hydrogens is 383 g/mol. The summed E-state index contributed by atoms with van der Waals surface area (Å²) >= 11 is 0. The number of rotatable bonds is 6. The molecule has 0 spiro atoms. The Morgan fingerprint density at radius 3 is 2.68 bits per heavy atom. The Morgan fingerprint density at radius 2 is 1.93 bits per heavy atom. The van der Waals surface area contributed by atoms with Crippen LogP contribution in [0.15, 0.2) is 36.8 Å². The van der Waals surface area contributed by atoms with Gasteiger partial charge in [-0.3, -0.25) is 4.68 Å². The van der Waals surface area contributed by atoms with Crippen LogP contribution in [0, 0.1) is 18.6 Å². The molecule has 0 saturated heterocycles. The van der Waals surface area contributed by atoms with Crippen LogP contribution in [0.4, 0.5) is 39.4 Å². The molecule has 0 fully saturated rings. The monoisotopic (exact) mass is 398 g/mol. The summed E-state index contributed by atoms with van der Waals surface area (Å²) in [4.78, 5) is 8.26. The molecule has 1 aromatic carbocycles. The predicted molar refractivity (Wildman–Crippen MR) is 92.0 cm³/mol. The summed E-state index contributed by atoms with van der Waals surface area (Å²) in [5.41, 5.74) is 1.05. The zero-order valence-corrected chi connectivity index (χ0v) is 14.6. The molecule has 11 heteroatoms. The lowest BCUT2D eigenvalue weighted by Gasteiger charge is -2.11. The quantitative estimate of drug-likeness (QED) is 0.610. The van der Waals surface area contributed by atoms with Crippen molar-refractivity contribution in [3.63, 3.8) is 0 Å². The molecule has 0 aliphatic heterocycles. The predicted octanol–water partition coefficient (Wildman–Crippen LogP) is 4.18. The van der Waals surface area contributed by atoms with Crippen LogP contribution in [0.3, 0.4) is 0 Å². The number of halogens is 5. The van der Waals surface area contributed by atoms with Crippen LogP contribution in [0.5, 0.6) is 0 Å². The van der Waals surface area contributed by atoms with E-state index in [0.29, 0.717) is 11.4 Å². The van der Waals surface area contributed by atoms with E-state index in [4.69, 9.17) is 0 Å². The van der Waals surface area contributed by atoms with Gasteiger partial charge in [-0.25, -0.2) is 13.8 Å². The first-order valence-electron chi connectivity index (χ1n) is 8.07. The van der Waals surface area contributed by atoms with E-state index >= 15 is 0 Å². The molecule has 2 aromatic heterocycles. The van der Waals surface area contributed by atoms with Gasteiger partial charge in [-0.05, 0) is 25.1 Å². The summed E-state index contributed by atoms with van der Waals surface area (Å²) in [7, 11) is 0. The van der Waals surface area contributed by atoms with Crippen molar-refractivity contribution in [3.05, 3.63) is 59.6 Å². The molecule has 0 radical (unpaired) electrons. The van der Waals surface area contributed by atoms with Crippen molar-refractivity contribution in [2.24, 2.45) is 0 Å². The highest BCUT2D eigenvalue weighted by molar-refractivity contribution is 5.54. The van der Waals surface area contributed by atoms with Gasteiger partial charge in [-0.2, -0.15) is 23.3 Å². The molecule has 0 aliphatic carbocycles. The Bertz CT molecular complexity index is 969. The van der Waals surface area contributed by atoms with Gasteiger partial charge in [0.1, 0.15) is 24.0 Å².